The van der Waals surface area contributed by atoms with Gasteiger partial charge in [0, 0.05) is 6.61 Å². The number of aliphatic hydroxyl groups is 1. The van der Waals surface area contributed by atoms with Gasteiger partial charge in [0.25, 0.3) is 0 Å². The molecule has 1 rings (SSSR count). The monoisotopic (exact) mass is 228 g/mol. The Balaban J connectivity index is 2.03. The summed E-state index contributed by atoms with van der Waals surface area (Å²) in [6.45, 7) is 0.647. The van der Waals surface area contributed by atoms with Gasteiger partial charge in [0.05, 0.1) is 6.10 Å². The smallest absolute Gasteiger partial charge is 0.370 e. The number of carboxylic acid groups (broad SMARTS) is 1. The maximum absolute atomic E-state index is 10.3. The van der Waals surface area contributed by atoms with Crippen LogP contribution in [0.2, 0.25) is 0 Å². The van der Waals surface area contributed by atoms with Crippen molar-refractivity contribution < 1.29 is 19.7 Å². The van der Waals surface area contributed by atoms with E-state index in [9.17, 15) is 4.79 Å². The average molecular weight is 228 g/mol. The summed E-state index contributed by atoms with van der Waals surface area (Å²) in [7, 11) is 0. The van der Waals surface area contributed by atoms with Crippen molar-refractivity contribution in [2.75, 3.05) is 6.61 Å². The van der Waals surface area contributed by atoms with Gasteiger partial charge in [-0.1, -0.05) is 19.3 Å². The Morgan fingerprint density at radius 1 is 1.25 bits per heavy atom. The van der Waals surface area contributed by atoms with E-state index in [1.807, 2.05) is 0 Å². The van der Waals surface area contributed by atoms with E-state index in [4.69, 9.17) is 14.9 Å². The van der Waals surface area contributed by atoms with E-state index < -0.39 is 11.7 Å². The van der Waals surface area contributed by atoms with Crippen LogP contribution in [0, 0.1) is 0 Å². The first-order chi connectivity index (χ1) is 7.70. The number of aliphatic hydroxyl groups excluding tert-OH is 1. The largest absolute Gasteiger partial charge is 0.502 e. The Labute approximate surface area is 95.9 Å². The summed E-state index contributed by atoms with van der Waals surface area (Å²) < 4.78 is 5.67. The molecular formula is C12H20O4. The van der Waals surface area contributed by atoms with E-state index in [-0.39, 0.29) is 0 Å². The molecule has 0 heterocycles. The van der Waals surface area contributed by atoms with Gasteiger partial charge in [0.15, 0.2) is 5.76 Å². The lowest BCUT2D eigenvalue weighted by molar-refractivity contribution is -0.135. The van der Waals surface area contributed by atoms with Crippen LogP contribution in [-0.4, -0.2) is 28.9 Å². The molecule has 1 aliphatic carbocycles. The van der Waals surface area contributed by atoms with Gasteiger partial charge in [0.2, 0.25) is 0 Å². The molecule has 1 aliphatic rings. The van der Waals surface area contributed by atoms with Gasteiger partial charge >= 0.3 is 5.97 Å². The number of hydrogen-bond acceptors (Lipinski definition) is 3. The van der Waals surface area contributed by atoms with E-state index in [1.165, 1.54) is 25.3 Å². The van der Waals surface area contributed by atoms with Crippen molar-refractivity contribution in [2.45, 2.75) is 51.0 Å². The van der Waals surface area contributed by atoms with Crippen LogP contribution >= 0.6 is 0 Å². The summed E-state index contributed by atoms with van der Waals surface area (Å²) >= 11 is 0. The van der Waals surface area contributed by atoms with E-state index in [0.717, 1.165) is 19.3 Å². The highest BCUT2D eigenvalue weighted by atomic mass is 16.5. The van der Waals surface area contributed by atoms with Gasteiger partial charge in [-0.25, -0.2) is 4.79 Å². The first kappa shape index (κ1) is 13.0. The number of allylic oxidation sites excluding steroid dienone is 1. The first-order valence-corrected chi connectivity index (χ1v) is 5.94. The molecule has 0 aromatic carbocycles. The van der Waals surface area contributed by atoms with Gasteiger partial charge in [0.1, 0.15) is 0 Å². The minimum atomic E-state index is -1.27. The van der Waals surface area contributed by atoms with Crippen LogP contribution in [0.1, 0.15) is 44.9 Å². The molecule has 0 spiro atoms. The Morgan fingerprint density at radius 2 is 1.94 bits per heavy atom. The number of unbranched alkanes of at least 4 members (excludes halogenated alkanes) is 1. The fourth-order valence-electron chi connectivity index (χ4n) is 1.89. The Kier molecular flexibility index (Phi) is 5.93. The molecule has 2 N–H and O–H groups in total. The molecule has 0 aromatic heterocycles. The zero-order valence-electron chi connectivity index (χ0n) is 9.52. The number of rotatable bonds is 6. The van der Waals surface area contributed by atoms with Crippen molar-refractivity contribution in [3.8, 4) is 0 Å². The highest BCUT2D eigenvalue weighted by Gasteiger charge is 2.12. The van der Waals surface area contributed by atoms with Crippen molar-refractivity contribution in [1.82, 2.24) is 0 Å². The van der Waals surface area contributed by atoms with Gasteiger partial charge in [-0.15, -0.1) is 0 Å². The zero-order chi connectivity index (χ0) is 11.8. The summed E-state index contributed by atoms with van der Waals surface area (Å²) in [5.74, 6) is -1.84. The van der Waals surface area contributed by atoms with Crippen molar-refractivity contribution in [1.29, 1.82) is 0 Å². The molecule has 0 unspecified atom stereocenters. The van der Waals surface area contributed by atoms with Crippen LogP contribution in [0.3, 0.4) is 0 Å². The molecule has 4 heteroatoms. The van der Waals surface area contributed by atoms with Crippen LogP contribution in [0.25, 0.3) is 0 Å². The van der Waals surface area contributed by atoms with Gasteiger partial charge in [-0.05, 0) is 31.8 Å². The minimum Gasteiger partial charge on any atom is -0.502 e. The normalized spacial score (nSPS) is 18.6. The molecule has 92 valence electrons. The number of aliphatic carboxylic acids is 1. The second-order valence-corrected chi connectivity index (χ2v) is 4.17. The summed E-state index contributed by atoms with van der Waals surface area (Å²) in [6.07, 6.45) is 9.15. The number of carbonyl (C=O) groups is 1. The molecule has 0 bridgehead atoms. The summed E-state index contributed by atoms with van der Waals surface area (Å²) in [6, 6.07) is 0. The molecule has 0 radical (unpaired) electrons. The lowest BCUT2D eigenvalue weighted by Gasteiger charge is -2.21. The summed E-state index contributed by atoms with van der Waals surface area (Å²) in [5, 5.41) is 17.3. The van der Waals surface area contributed by atoms with Gasteiger partial charge in [-0.2, -0.15) is 0 Å². The molecular weight excluding hydrogens is 208 g/mol. The fourth-order valence-corrected chi connectivity index (χ4v) is 1.89. The number of carboxylic acids is 1. The average Bonchev–Trinajstić information content (AvgIpc) is 2.29. The third kappa shape index (κ3) is 5.16. The van der Waals surface area contributed by atoms with Crippen LogP contribution < -0.4 is 0 Å². The summed E-state index contributed by atoms with van der Waals surface area (Å²) in [5.41, 5.74) is 0. The maximum Gasteiger partial charge on any atom is 0.370 e. The molecule has 0 atom stereocenters. The van der Waals surface area contributed by atoms with Crippen molar-refractivity contribution in [3.63, 3.8) is 0 Å². The van der Waals surface area contributed by atoms with E-state index in [0.29, 0.717) is 19.1 Å². The molecule has 0 aliphatic heterocycles. The zero-order valence-corrected chi connectivity index (χ0v) is 9.52. The van der Waals surface area contributed by atoms with Crippen molar-refractivity contribution >= 4 is 5.97 Å². The van der Waals surface area contributed by atoms with Crippen molar-refractivity contribution in [3.05, 3.63) is 11.8 Å². The second-order valence-electron chi connectivity index (χ2n) is 4.17. The Morgan fingerprint density at radius 3 is 2.56 bits per heavy atom. The van der Waals surface area contributed by atoms with Crippen molar-refractivity contribution in [2.24, 2.45) is 0 Å². The topological polar surface area (TPSA) is 66.8 Å². The van der Waals surface area contributed by atoms with Crippen LogP contribution in [0.4, 0.5) is 0 Å². The molecule has 4 nitrogen and oxygen atoms in total. The molecule has 1 fully saturated rings. The fraction of sp³-hybridized carbons (Fsp3) is 0.750. The number of ether oxygens (including phenoxy) is 1. The maximum atomic E-state index is 10.3. The summed E-state index contributed by atoms with van der Waals surface area (Å²) in [4.78, 5) is 10.3. The predicted molar refractivity (Wildman–Crippen MR) is 60.4 cm³/mol. The lowest BCUT2D eigenvalue weighted by atomic mass is 9.98. The lowest BCUT2D eigenvalue weighted by Crippen LogP contribution is -2.17. The SMILES string of the molecule is O=C(O)C(O)=CCCCOC1CCCCC1. The van der Waals surface area contributed by atoms with Crippen LogP contribution in [0.15, 0.2) is 11.8 Å². The molecule has 16 heavy (non-hydrogen) atoms. The predicted octanol–water partition coefficient (Wildman–Crippen LogP) is 2.64. The van der Waals surface area contributed by atoms with Crippen LogP contribution in [0.5, 0.6) is 0 Å². The van der Waals surface area contributed by atoms with E-state index in [2.05, 4.69) is 0 Å². The Hall–Kier alpha value is -1.03. The third-order valence-electron chi connectivity index (χ3n) is 2.81. The van der Waals surface area contributed by atoms with Gasteiger partial charge < -0.3 is 14.9 Å². The molecule has 1 saturated carbocycles. The molecule has 0 amide bonds. The van der Waals surface area contributed by atoms with E-state index >= 15 is 0 Å². The van der Waals surface area contributed by atoms with Gasteiger partial charge in [-0.3, -0.25) is 0 Å². The quantitative estimate of drug-likeness (QED) is 0.416. The molecule has 0 aromatic rings. The molecule has 0 saturated heterocycles. The number of hydrogen-bond donors (Lipinski definition) is 2. The highest BCUT2D eigenvalue weighted by Crippen LogP contribution is 2.20. The van der Waals surface area contributed by atoms with Crippen LogP contribution in [-0.2, 0) is 9.53 Å². The van der Waals surface area contributed by atoms with E-state index in [1.54, 1.807) is 0 Å². The highest BCUT2D eigenvalue weighted by molar-refractivity contribution is 5.83. The first-order valence-electron chi connectivity index (χ1n) is 5.94. The third-order valence-corrected chi connectivity index (χ3v) is 2.81. The standard InChI is InChI=1S/C12H20O4/c13-11(12(14)15)8-4-5-9-16-10-6-2-1-3-7-10/h8,10,13H,1-7,9H2,(H,14,15). The minimum absolute atomic E-state index is 0.394. The second kappa shape index (κ2) is 7.28. The Bertz CT molecular complexity index is 241.